The molecule has 11 heteroatoms. The van der Waals surface area contributed by atoms with Gasteiger partial charge in [0.05, 0.1) is 0 Å². The van der Waals surface area contributed by atoms with Crippen LogP contribution in [0, 0.1) is 6.92 Å². The average Bonchev–Trinajstić information content (AvgIpc) is 3.27. The Morgan fingerprint density at radius 2 is 1.75 bits per heavy atom. The van der Waals surface area contributed by atoms with E-state index in [1.165, 1.54) is 19.1 Å². The molecule has 32 heavy (non-hydrogen) atoms. The zero-order valence-electron chi connectivity index (χ0n) is 16.9. The van der Waals surface area contributed by atoms with Gasteiger partial charge in [-0.2, -0.15) is 4.98 Å². The Hall–Kier alpha value is -3.89. The normalized spacial score (nSPS) is 18.7. The minimum Gasteiger partial charge on any atom is -0.406 e. The summed E-state index contributed by atoms with van der Waals surface area (Å²) in [5.41, 5.74) is 0.592. The standard InChI is InChI=1S/C21H17F3N4O4/c1-12-3-5-13(6-4-12)17-25-16(32-27-17)11-28-18(29)20(2,26-19(28)30)14-7-9-15(10-8-14)31-21(22,23)24/h3-10H,11H2,1-2H3,(H,26,30). The van der Waals surface area contributed by atoms with E-state index in [0.29, 0.717) is 17.0 Å². The summed E-state index contributed by atoms with van der Waals surface area (Å²) in [7, 11) is 0. The van der Waals surface area contributed by atoms with Crippen molar-refractivity contribution >= 4 is 11.9 Å². The molecule has 1 aromatic heterocycles. The topological polar surface area (TPSA) is 97.6 Å². The number of aryl methyl sites for hydroxylation is 1. The van der Waals surface area contributed by atoms with E-state index >= 15 is 0 Å². The molecule has 1 fully saturated rings. The highest BCUT2D eigenvalue weighted by Gasteiger charge is 2.49. The Bertz CT molecular complexity index is 1160. The number of ether oxygens (including phenoxy) is 1. The SMILES string of the molecule is Cc1ccc(-c2noc(CN3C(=O)NC(C)(c4ccc(OC(F)(F)F)cc4)C3=O)n2)cc1. The molecule has 1 atom stereocenters. The first-order valence-corrected chi connectivity index (χ1v) is 9.45. The largest absolute Gasteiger partial charge is 0.573 e. The highest BCUT2D eigenvalue weighted by molar-refractivity contribution is 6.07. The Balaban J connectivity index is 1.51. The van der Waals surface area contributed by atoms with E-state index in [9.17, 15) is 22.8 Å². The van der Waals surface area contributed by atoms with Gasteiger partial charge in [-0.05, 0) is 31.5 Å². The molecule has 3 amide bonds. The van der Waals surface area contributed by atoms with E-state index < -0.39 is 29.6 Å². The van der Waals surface area contributed by atoms with E-state index in [2.05, 4.69) is 20.2 Å². The van der Waals surface area contributed by atoms with Crippen LogP contribution in [0.3, 0.4) is 0 Å². The Morgan fingerprint density at radius 1 is 1.09 bits per heavy atom. The minimum atomic E-state index is -4.83. The molecule has 1 N–H and O–H groups in total. The van der Waals surface area contributed by atoms with Crippen LogP contribution in [0.15, 0.2) is 53.1 Å². The Labute approximate surface area is 180 Å². The Morgan fingerprint density at radius 3 is 2.38 bits per heavy atom. The third-order valence-corrected chi connectivity index (χ3v) is 5.01. The monoisotopic (exact) mass is 446 g/mol. The van der Waals surface area contributed by atoms with Gasteiger partial charge in [0.1, 0.15) is 17.8 Å². The van der Waals surface area contributed by atoms with Gasteiger partial charge in [-0.1, -0.05) is 47.1 Å². The van der Waals surface area contributed by atoms with Gasteiger partial charge in [-0.15, -0.1) is 13.2 Å². The molecule has 1 aliphatic heterocycles. The van der Waals surface area contributed by atoms with Crippen LogP contribution in [0.4, 0.5) is 18.0 Å². The van der Waals surface area contributed by atoms with Gasteiger partial charge < -0.3 is 14.6 Å². The minimum absolute atomic E-state index is 0.0576. The van der Waals surface area contributed by atoms with Crippen molar-refractivity contribution in [2.45, 2.75) is 32.3 Å². The first kappa shape index (κ1) is 21.3. The number of carbonyl (C=O) groups is 2. The van der Waals surface area contributed by atoms with E-state index in [4.69, 9.17) is 4.52 Å². The van der Waals surface area contributed by atoms with Crippen molar-refractivity contribution in [1.82, 2.24) is 20.4 Å². The van der Waals surface area contributed by atoms with Crippen molar-refractivity contribution < 1.29 is 32.0 Å². The third kappa shape index (κ3) is 4.13. The number of rotatable bonds is 5. The lowest BCUT2D eigenvalue weighted by Gasteiger charge is -2.22. The maximum absolute atomic E-state index is 13.0. The van der Waals surface area contributed by atoms with E-state index in [1.807, 2.05) is 31.2 Å². The number of carbonyl (C=O) groups excluding carboxylic acids is 2. The lowest BCUT2D eigenvalue weighted by Crippen LogP contribution is -2.40. The summed E-state index contributed by atoms with van der Waals surface area (Å²) >= 11 is 0. The van der Waals surface area contributed by atoms with Crippen LogP contribution in [0.2, 0.25) is 0 Å². The van der Waals surface area contributed by atoms with Gasteiger partial charge >= 0.3 is 12.4 Å². The second kappa shape index (κ2) is 7.66. The molecule has 2 heterocycles. The average molecular weight is 446 g/mol. The molecule has 2 aromatic carbocycles. The smallest absolute Gasteiger partial charge is 0.406 e. The quantitative estimate of drug-likeness (QED) is 0.597. The van der Waals surface area contributed by atoms with Crippen molar-refractivity contribution in [1.29, 1.82) is 0 Å². The summed E-state index contributed by atoms with van der Waals surface area (Å²) in [6.45, 7) is 3.14. The van der Waals surface area contributed by atoms with Crippen LogP contribution < -0.4 is 10.1 Å². The first-order chi connectivity index (χ1) is 15.0. The van der Waals surface area contributed by atoms with Gasteiger partial charge in [0, 0.05) is 5.56 Å². The molecule has 3 aromatic rings. The van der Waals surface area contributed by atoms with Crippen LogP contribution in [-0.4, -0.2) is 33.3 Å². The number of amides is 3. The maximum Gasteiger partial charge on any atom is 0.573 e. The summed E-state index contributed by atoms with van der Waals surface area (Å²) in [5, 5.41) is 6.44. The molecule has 166 valence electrons. The summed E-state index contributed by atoms with van der Waals surface area (Å²) < 4.78 is 46.1. The Kier molecular flexibility index (Phi) is 5.11. The number of nitrogens with one attached hydrogen (secondary N) is 1. The number of nitrogens with zero attached hydrogens (tertiary/aromatic N) is 3. The number of halogens is 3. The van der Waals surface area contributed by atoms with Gasteiger partial charge in [0.15, 0.2) is 0 Å². The highest BCUT2D eigenvalue weighted by atomic mass is 19.4. The summed E-state index contributed by atoms with van der Waals surface area (Å²) in [6, 6.07) is 11.4. The molecular weight excluding hydrogens is 429 g/mol. The number of hydrogen-bond acceptors (Lipinski definition) is 6. The first-order valence-electron chi connectivity index (χ1n) is 9.45. The van der Waals surface area contributed by atoms with E-state index in [1.54, 1.807) is 0 Å². The van der Waals surface area contributed by atoms with Crippen LogP contribution in [0.25, 0.3) is 11.4 Å². The molecule has 4 rings (SSSR count). The summed E-state index contributed by atoms with van der Waals surface area (Å²) in [6.07, 6.45) is -4.83. The fourth-order valence-electron chi connectivity index (χ4n) is 3.30. The van der Waals surface area contributed by atoms with Gasteiger partial charge in [0.2, 0.25) is 11.7 Å². The molecule has 0 aliphatic carbocycles. The van der Waals surface area contributed by atoms with Crippen LogP contribution in [0.5, 0.6) is 5.75 Å². The molecule has 0 bridgehead atoms. The second-order valence-electron chi connectivity index (χ2n) is 7.40. The van der Waals surface area contributed by atoms with Crippen molar-refractivity contribution in [2.24, 2.45) is 0 Å². The molecule has 0 spiro atoms. The van der Waals surface area contributed by atoms with E-state index in [-0.39, 0.29) is 12.4 Å². The predicted molar refractivity (Wildman–Crippen MR) is 104 cm³/mol. The predicted octanol–water partition coefficient (Wildman–Crippen LogP) is 3.91. The maximum atomic E-state index is 13.0. The highest BCUT2D eigenvalue weighted by Crippen LogP contribution is 2.32. The number of alkyl halides is 3. The molecule has 1 saturated heterocycles. The van der Waals surface area contributed by atoms with Crippen LogP contribution in [0.1, 0.15) is 23.9 Å². The number of benzene rings is 2. The molecule has 8 nitrogen and oxygen atoms in total. The van der Waals surface area contributed by atoms with E-state index in [0.717, 1.165) is 22.6 Å². The van der Waals surface area contributed by atoms with Crippen LogP contribution in [-0.2, 0) is 16.9 Å². The fraction of sp³-hybridized carbons (Fsp3) is 0.238. The zero-order valence-corrected chi connectivity index (χ0v) is 16.9. The van der Waals surface area contributed by atoms with Crippen molar-refractivity contribution in [3.8, 4) is 17.1 Å². The summed E-state index contributed by atoms with van der Waals surface area (Å²) in [5.74, 6) is -0.674. The van der Waals surface area contributed by atoms with Crippen molar-refractivity contribution in [3.63, 3.8) is 0 Å². The molecule has 1 unspecified atom stereocenters. The van der Waals surface area contributed by atoms with Crippen molar-refractivity contribution in [2.75, 3.05) is 0 Å². The number of aromatic nitrogens is 2. The third-order valence-electron chi connectivity index (χ3n) is 5.01. The molecule has 1 aliphatic rings. The van der Waals surface area contributed by atoms with Crippen LogP contribution >= 0.6 is 0 Å². The number of urea groups is 1. The molecule has 0 saturated carbocycles. The lowest BCUT2D eigenvalue weighted by molar-refractivity contribution is -0.274. The molecular formula is C21H17F3N4O4. The fourth-order valence-corrected chi connectivity index (χ4v) is 3.30. The zero-order chi connectivity index (χ0) is 23.1. The molecule has 0 radical (unpaired) electrons. The van der Waals surface area contributed by atoms with Crippen molar-refractivity contribution in [3.05, 3.63) is 65.5 Å². The van der Waals surface area contributed by atoms with Gasteiger partial charge in [-0.3, -0.25) is 9.69 Å². The van der Waals surface area contributed by atoms with Gasteiger partial charge in [0.25, 0.3) is 5.91 Å². The number of imide groups is 1. The number of hydrogen-bond donors (Lipinski definition) is 1. The second-order valence-corrected chi connectivity index (χ2v) is 7.40. The lowest BCUT2D eigenvalue weighted by atomic mass is 9.92. The summed E-state index contributed by atoms with van der Waals surface area (Å²) in [4.78, 5) is 30.6. The van der Waals surface area contributed by atoms with Gasteiger partial charge in [-0.25, -0.2) is 4.79 Å².